The van der Waals surface area contributed by atoms with Crippen molar-refractivity contribution in [2.45, 2.75) is 9.92 Å². The van der Waals surface area contributed by atoms with Gasteiger partial charge in [-0.2, -0.15) is 0 Å². The molecule has 0 atom stereocenters. The van der Waals surface area contributed by atoms with Gasteiger partial charge in [-0.3, -0.25) is 4.63 Å². The molecular formula is C17H14N2O9S. The number of carbonyl (C=O) groups is 1. The van der Waals surface area contributed by atoms with E-state index in [-0.39, 0.29) is 28.6 Å². The van der Waals surface area contributed by atoms with Gasteiger partial charge in [0, 0.05) is 0 Å². The molecule has 0 saturated carbocycles. The lowest BCUT2D eigenvalue weighted by molar-refractivity contribution is -0.832. The largest absolute Gasteiger partial charge is 0.504 e. The van der Waals surface area contributed by atoms with Gasteiger partial charge in [0.05, 0.1) is 15.6 Å². The third-order valence-electron chi connectivity index (χ3n) is 3.62. The molecule has 0 amide bonds. The van der Waals surface area contributed by atoms with Crippen molar-refractivity contribution in [2.75, 3.05) is 13.2 Å². The van der Waals surface area contributed by atoms with Crippen LogP contribution >= 0.6 is 0 Å². The summed E-state index contributed by atoms with van der Waals surface area (Å²) in [6.45, 7) is -0.656. The minimum Gasteiger partial charge on any atom is -0.504 e. The van der Waals surface area contributed by atoms with Gasteiger partial charge in [-0.25, -0.2) is 13.2 Å². The molecule has 0 fully saturated rings. The lowest BCUT2D eigenvalue weighted by Crippen LogP contribution is -2.31. The van der Waals surface area contributed by atoms with Crippen LogP contribution in [0.4, 0.5) is 0 Å². The molecule has 3 rings (SSSR count). The Morgan fingerprint density at radius 1 is 1.10 bits per heavy atom. The molecular weight excluding hydrogens is 408 g/mol. The summed E-state index contributed by atoms with van der Waals surface area (Å²) >= 11 is 0. The fourth-order valence-electron chi connectivity index (χ4n) is 2.25. The smallest absolute Gasteiger partial charge is 0.415 e. The van der Waals surface area contributed by atoms with E-state index in [0.717, 1.165) is 12.1 Å². The summed E-state index contributed by atoms with van der Waals surface area (Å²) in [5, 5.41) is 32.8. The summed E-state index contributed by atoms with van der Waals surface area (Å²) in [5.74, 6) is -2.29. The molecule has 3 aromatic rings. The molecule has 0 unspecified atom stereocenters. The van der Waals surface area contributed by atoms with Crippen LogP contribution in [0.3, 0.4) is 0 Å². The van der Waals surface area contributed by atoms with E-state index in [0.29, 0.717) is 0 Å². The van der Waals surface area contributed by atoms with Crippen LogP contribution in [0.5, 0.6) is 17.4 Å². The number of phenolic OH excluding ortho intramolecular Hbond substituents is 2. The van der Waals surface area contributed by atoms with E-state index in [1.54, 1.807) is 6.07 Å². The van der Waals surface area contributed by atoms with E-state index in [9.17, 15) is 28.6 Å². The van der Waals surface area contributed by atoms with Gasteiger partial charge in [0.2, 0.25) is 0 Å². The molecule has 11 nitrogen and oxygen atoms in total. The molecule has 0 aliphatic rings. The Hall–Kier alpha value is -3.80. The maximum atomic E-state index is 12.6. The lowest BCUT2D eigenvalue weighted by atomic mass is 10.2. The number of esters is 1. The Morgan fingerprint density at radius 3 is 2.52 bits per heavy atom. The highest BCUT2D eigenvalue weighted by molar-refractivity contribution is 7.91. The van der Waals surface area contributed by atoms with E-state index in [1.807, 2.05) is 0 Å². The van der Waals surface area contributed by atoms with Gasteiger partial charge in [0.1, 0.15) is 13.2 Å². The molecule has 29 heavy (non-hydrogen) atoms. The van der Waals surface area contributed by atoms with E-state index < -0.39 is 38.2 Å². The third-order valence-corrected chi connectivity index (χ3v) is 5.35. The Balaban J connectivity index is 1.65. The average Bonchev–Trinajstić information content (AvgIpc) is 3.09. The molecule has 2 N–H and O–H groups in total. The summed E-state index contributed by atoms with van der Waals surface area (Å²) in [4.78, 5) is 11.4. The monoisotopic (exact) mass is 422 g/mol. The van der Waals surface area contributed by atoms with Gasteiger partial charge in [0.25, 0.3) is 9.84 Å². The van der Waals surface area contributed by atoms with Gasteiger partial charge < -0.3 is 24.9 Å². The highest BCUT2D eigenvalue weighted by Gasteiger charge is 2.35. The summed E-state index contributed by atoms with van der Waals surface area (Å²) in [5.41, 5.74) is -0.0218. The molecule has 0 saturated heterocycles. The zero-order valence-corrected chi connectivity index (χ0v) is 15.4. The molecule has 0 bridgehead atoms. The molecule has 0 aliphatic heterocycles. The van der Waals surface area contributed by atoms with Gasteiger partial charge in [-0.05, 0) is 35.2 Å². The van der Waals surface area contributed by atoms with Crippen LogP contribution in [-0.2, 0) is 14.6 Å². The second-order valence-electron chi connectivity index (χ2n) is 5.54. The summed E-state index contributed by atoms with van der Waals surface area (Å²) in [6, 6.07) is 10.5. The van der Waals surface area contributed by atoms with Crippen molar-refractivity contribution < 1.29 is 42.4 Å². The van der Waals surface area contributed by atoms with Crippen LogP contribution in [0.2, 0.25) is 0 Å². The second-order valence-corrected chi connectivity index (χ2v) is 7.41. The number of aromatic nitrogens is 2. The number of hydrogen-bond donors (Lipinski definition) is 2. The highest BCUT2D eigenvalue weighted by Crippen LogP contribution is 2.26. The normalized spacial score (nSPS) is 11.2. The van der Waals surface area contributed by atoms with E-state index in [4.69, 9.17) is 9.47 Å². The Kier molecular flexibility index (Phi) is 5.54. The maximum absolute atomic E-state index is 12.6. The number of ether oxygens (including phenoxy) is 2. The first kappa shape index (κ1) is 19.9. The van der Waals surface area contributed by atoms with Crippen LogP contribution in [0.1, 0.15) is 10.4 Å². The standard InChI is InChI=1S/C17H14N2O9S/c20-13-7-6-11(10-14(13)21)17(22)27-9-8-26-15-16(19(23)28-18-15)29(24,25)12-4-2-1-3-5-12/h1-7,10,20-21H,8-9H2. The summed E-state index contributed by atoms with van der Waals surface area (Å²) in [6.07, 6.45) is 0. The highest BCUT2D eigenvalue weighted by atomic mass is 32.2. The molecule has 0 radical (unpaired) electrons. The number of carbonyl (C=O) groups excluding carboxylic acids is 1. The SMILES string of the molecule is O=C(OCCOc1no[n+]([O-])c1S(=O)(=O)c1ccccc1)c1ccc(O)c(O)c1. The number of benzene rings is 2. The number of phenols is 2. The Bertz CT molecular complexity index is 1130. The number of hydrogen-bond acceptors (Lipinski definition) is 10. The first-order valence-electron chi connectivity index (χ1n) is 8.02. The van der Waals surface area contributed by atoms with Crippen LogP contribution in [0.25, 0.3) is 0 Å². The van der Waals surface area contributed by atoms with Crippen molar-refractivity contribution in [1.29, 1.82) is 0 Å². The van der Waals surface area contributed by atoms with Crippen LogP contribution < -0.4 is 9.64 Å². The van der Waals surface area contributed by atoms with Crippen molar-refractivity contribution in [3.8, 4) is 17.4 Å². The van der Waals surface area contributed by atoms with Gasteiger partial charge in [0.15, 0.2) is 11.5 Å². The second kappa shape index (κ2) is 8.06. The minimum atomic E-state index is -4.25. The molecule has 152 valence electrons. The van der Waals surface area contributed by atoms with Crippen LogP contribution in [0.15, 0.2) is 63.1 Å². The van der Waals surface area contributed by atoms with Crippen LogP contribution in [-0.4, -0.2) is 43.0 Å². The van der Waals surface area contributed by atoms with Gasteiger partial charge in [-0.15, -0.1) is 0 Å². The van der Waals surface area contributed by atoms with Crippen molar-refractivity contribution in [1.82, 2.24) is 5.16 Å². The average molecular weight is 422 g/mol. The maximum Gasteiger partial charge on any atom is 0.415 e. The van der Waals surface area contributed by atoms with Crippen molar-refractivity contribution in [2.24, 2.45) is 0 Å². The molecule has 1 heterocycles. The van der Waals surface area contributed by atoms with Gasteiger partial charge in [-0.1, -0.05) is 18.2 Å². The lowest BCUT2D eigenvalue weighted by Gasteiger charge is -2.06. The first-order chi connectivity index (χ1) is 13.8. The topological polar surface area (TPSA) is 163 Å². The molecule has 12 heteroatoms. The van der Waals surface area contributed by atoms with E-state index >= 15 is 0 Å². The molecule has 1 aromatic heterocycles. The third kappa shape index (κ3) is 4.21. The van der Waals surface area contributed by atoms with E-state index in [2.05, 4.69) is 9.79 Å². The first-order valence-corrected chi connectivity index (χ1v) is 9.51. The fourth-order valence-corrected chi connectivity index (χ4v) is 3.54. The minimum absolute atomic E-state index is 0.0218. The van der Waals surface area contributed by atoms with Crippen molar-refractivity contribution in [3.63, 3.8) is 0 Å². The number of nitrogens with zero attached hydrogens (tertiary/aromatic N) is 2. The molecule has 0 spiro atoms. The fraction of sp³-hybridized carbons (Fsp3) is 0.118. The number of aromatic hydroxyl groups is 2. The zero-order chi connectivity index (χ0) is 21.0. The summed E-state index contributed by atoms with van der Waals surface area (Å²) < 4.78 is 39.5. The summed E-state index contributed by atoms with van der Waals surface area (Å²) in [7, 11) is -4.25. The molecule has 0 aliphatic carbocycles. The van der Waals surface area contributed by atoms with Crippen molar-refractivity contribution in [3.05, 3.63) is 59.3 Å². The Morgan fingerprint density at radius 2 is 1.83 bits per heavy atom. The predicted molar refractivity (Wildman–Crippen MR) is 92.9 cm³/mol. The van der Waals surface area contributed by atoms with Crippen molar-refractivity contribution >= 4 is 15.8 Å². The Labute approximate surface area is 163 Å². The van der Waals surface area contributed by atoms with Crippen LogP contribution in [0, 0.1) is 5.21 Å². The number of rotatable bonds is 7. The quantitative estimate of drug-likeness (QED) is 0.241. The predicted octanol–water partition coefficient (Wildman–Crippen LogP) is 0.788. The molecule has 2 aromatic carbocycles. The van der Waals surface area contributed by atoms with E-state index in [1.165, 1.54) is 30.3 Å². The van der Waals surface area contributed by atoms with Gasteiger partial charge >= 0.3 is 16.9 Å². The zero-order valence-electron chi connectivity index (χ0n) is 14.6. The number of sulfone groups is 1.